The minimum absolute atomic E-state index is 0.0103. The number of aliphatic carboxylic acids is 2. The molecule has 3 aromatic rings. The number of aromatic amines is 1. The zero-order valence-electron chi connectivity index (χ0n) is 21.4. The molecule has 0 fully saturated rings. The number of phenolic OH excluding ortho intramolecular Hbond substituents is 1. The Bertz CT molecular complexity index is 1370. The number of hydrogen-bond donors (Lipinski definition) is 8. The molecule has 3 amide bonds. The van der Waals surface area contributed by atoms with E-state index in [-0.39, 0.29) is 31.4 Å². The molecule has 2 aromatic carbocycles. The number of fused-ring (bicyclic) bond motifs is 1. The van der Waals surface area contributed by atoms with Gasteiger partial charge < -0.3 is 42.0 Å². The van der Waals surface area contributed by atoms with Gasteiger partial charge in [-0.15, -0.1) is 0 Å². The first-order valence-electron chi connectivity index (χ1n) is 12.4. The van der Waals surface area contributed by atoms with Crippen molar-refractivity contribution in [2.24, 2.45) is 5.73 Å². The van der Waals surface area contributed by atoms with Crippen LogP contribution in [-0.4, -0.2) is 74.6 Å². The fourth-order valence-corrected chi connectivity index (χ4v) is 4.02. The highest BCUT2D eigenvalue weighted by Crippen LogP contribution is 2.19. The van der Waals surface area contributed by atoms with Gasteiger partial charge in [-0.1, -0.05) is 30.3 Å². The van der Waals surface area contributed by atoms with Crippen molar-refractivity contribution in [3.8, 4) is 5.75 Å². The number of carboxylic acids is 2. The van der Waals surface area contributed by atoms with Crippen molar-refractivity contribution in [1.29, 1.82) is 0 Å². The van der Waals surface area contributed by atoms with Crippen molar-refractivity contribution in [2.75, 3.05) is 6.54 Å². The summed E-state index contributed by atoms with van der Waals surface area (Å²) >= 11 is 0. The summed E-state index contributed by atoms with van der Waals surface area (Å²) in [6, 6.07) is 9.53. The first kappa shape index (κ1) is 29.6. The molecule has 1 heterocycles. The molecule has 212 valence electrons. The van der Waals surface area contributed by atoms with Crippen LogP contribution in [0.2, 0.25) is 0 Å². The maximum Gasteiger partial charge on any atom is 0.326 e. The van der Waals surface area contributed by atoms with Crippen molar-refractivity contribution in [3.63, 3.8) is 0 Å². The summed E-state index contributed by atoms with van der Waals surface area (Å²) in [4.78, 5) is 63.8. The highest BCUT2D eigenvalue weighted by atomic mass is 16.4. The first-order valence-corrected chi connectivity index (χ1v) is 12.4. The van der Waals surface area contributed by atoms with Crippen LogP contribution in [0.15, 0.2) is 54.7 Å². The molecule has 1 aromatic heterocycles. The summed E-state index contributed by atoms with van der Waals surface area (Å²) in [6.07, 6.45) is 1.19. The van der Waals surface area contributed by atoms with E-state index < -0.39 is 54.3 Å². The number of aromatic hydroxyl groups is 1. The molecule has 0 aliphatic rings. The quantitative estimate of drug-likeness (QED) is 0.134. The van der Waals surface area contributed by atoms with Crippen molar-refractivity contribution < 1.29 is 39.3 Å². The molecular formula is C27H31N5O8. The lowest BCUT2D eigenvalue weighted by Gasteiger charge is -2.22. The van der Waals surface area contributed by atoms with Gasteiger partial charge in [-0.3, -0.25) is 19.2 Å². The molecule has 3 rings (SSSR count). The number of hydrogen-bond acceptors (Lipinski definition) is 7. The van der Waals surface area contributed by atoms with Gasteiger partial charge in [-0.2, -0.15) is 0 Å². The number of phenols is 1. The summed E-state index contributed by atoms with van der Waals surface area (Å²) < 4.78 is 0. The number of para-hydroxylation sites is 1. The lowest BCUT2D eigenvalue weighted by atomic mass is 10.0. The Balaban J connectivity index is 1.72. The molecular weight excluding hydrogens is 522 g/mol. The third-order valence-corrected chi connectivity index (χ3v) is 6.17. The van der Waals surface area contributed by atoms with E-state index in [1.807, 2.05) is 24.3 Å². The second-order valence-electron chi connectivity index (χ2n) is 9.21. The van der Waals surface area contributed by atoms with Gasteiger partial charge in [0.15, 0.2) is 0 Å². The fourth-order valence-electron chi connectivity index (χ4n) is 4.02. The molecule has 13 heteroatoms. The predicted molar refractivity (Wildman–Crippen MR) is 143 cm³/mol. The van der Waals surface area contributed by atoms with Crippen molar-refractivity contribution in [1.82, 2.24) is 20.9 Å². The number of carboxylic acid groups (broad SMARTS) is 2. The molecule has 0 aliphatic carbocycles. The first-order chi connectivity index (χ1) is 19.0. The number of nitrogens with two attached hydrogens (primary N) is 1. The molecule has 9 N–H and O–H groups in total. The summed E-state index contributed by atoms with van der Waals surface area (Å²) in [5.41, 5.74) is 7.72. The molecule has 0 saturated carbocycles. The SMILES string of the molecule is NC(CCC(=O)O)C(=O)NCC(=O)NC(Cc1c[nH]c2ccccc12)C(=O)NC(Cc1ccc(O)cc1)C(=O)O. The van der Waals surface area contributed by atoms with Crippen molar-refractivity contribution in [2.45, 2.75) is 43.8 Å². The molecule has 13 nitrogen and oxygen atoms in total. The highest BCUT2D eigenvalue weighted by Gasteiger charge is 2.28. The molecule has 0 spiro atoms. The van der Waals surface area contributed by atoms with E-state index in [1.54, 1.807) is 6.20 Å². The number of aromatic nitrogens is 1. The second kappa shape index (κ2) is 13.8. The number of carbonyl (C=O) groups is 5. The summed E-state index contributed by atoms with van der Waals surface area (Å²) in [5.74, 6) is -4.61. The number of benzene rings is 2. The van der Waals surface area contributed by atoms with Gasteiger partial charge in [0.05, 0.1) is 12.6 Å². The molecule has 0 aliphatic heterocycles. The van der Waals surface area contributed by atoms with Gasteiger partial charge in [-0.25, -0.2) is 4.79 Å². The molecule has 0 radical (unpaired) electrons. The minimum atomic E-state index is -1.33. The van der Waals surface area contributed by atoms with Gasteiger partial charge in [0.1, 0.15) is 17.8 Å². The lowest BCUT2D eigenvalue weighted by Crippen LogP contribution is -2.54. The van der Waals surface area contributed by atoms with Crippen molar-refractivity contribution in [3.05, 3.63) is 65.9 Å². The fraction of sp³-hybridized carbons (Fsp3) is 0.296. The third-order valence-electron chi connectivity index (χ3n) is 6.17. The largest absolute Gasteiger partial charge is 0.508 e. The van der Waals surface area contributed by atoms with Crippen LogP contribution in [0.1, 0.15) is 24.0 Å². The van der Waals surface area contributed by atoms with Crippen LogP contribution in [0.5, 0.6) is 5.75 Å². The third kappa shape index (κ3) is 8.56. The van der Waals surface area contributed by atoms with Crippen LogP contribution in [0.3, 0.4) is 0 Å². The van der Waals surface area contributed by atoms with E-state index in [9.17, 15) is 34.2 Å². The number of carbonyl (C=O) groups excluding carboxylic acids is 3. The zero-order chi connectivity index (χ0) is 29.2. The van der Waals surface area contributed by atoms with E-state index in [4.69, 9.17) is 10.8 Å². The number of amides is 3. The van der Waals surface area contributed by atoms with Crippen LogP contribution in [-0.2, 0) is 36.8 Å². The van der Waals surface area contributed by atoms with E-state index in [0.29, 0.717) is 11.1 Å². The Morgan fingerprint density at radius 3 is 2.25 bits per heavy atom. The van der Waals surface area contributed by atoms with Crippen LogP contribution in [0.4, 0.5) is 0 Å². The highest BCUT2D eigenvalue weighted by molar-refractivity contribution is 5.93. The van der Waals surface area contributed by atoms with E-state index in [1.165, 1.54) is 24.3 Å². The number of H-pyrrole nitrogens is 1. The van der Waals surface area contributed by atoms with Crippen LogP contribution < -0.4 is 21.7 Å². The van der Waals surface area contributed by atoms with E-state index >= 15 is 0 Å². The van der Waals surface area contributed by atoms with Crippen LogP contribution in [0.25, 0.3) is 10.9 Å². The Morgan fingerprint density at radius 1 is 0.875 bits per heavy atom. The predicted octanol–water partition coefficient (Wildman–Crippen LogP) is 0.0212. The van der Waals surface area contributed by atoms with E-state index in [2.05, 4.69) is 20.9 Å². The van der Waals surface area contributed by atoms with Crippen LogP contribution in [0, 0.1) is 0 Å². The molecule has 3 unspecified atom stereocenters. The number of nitrogens with one attached hydrogen (secondary N) is 4. The average molecular weight is 554 g/mol. The van der Waals surface area contributed by atoms with Gasteiger partial charge in [-0.05, 0) is 35.7 Å². The Kier molecular flexibility index (Phi) is 10.2. The lowest BCUT2D eigenvalue weighted by molar-refractivity contribution is -0.142. The Morgan fingerprint density at radius 2 is 1.57 bits per heavy atom. The smallest absolute Gasteiger partial charge is 0.326 e. The maximum absolute atomic E-state index is 13.3. The Hall–Kier alpha value is -4.91. The van der Waals surface area contributed by atoms with Gasteiger partial charge in [0, 0.05) is 36.4 Å². The number of rotatable bonds is 14. The molecule has 0 bridgehead atoms. The van der Waals surface area contributed by atoms with Gasteiger partial charge >= 0.3 is 11.9 Å². The summed E-state index contributed by atoms with van der Waals surface area (Å²) in [6.45, 7) is -0.535. The minimum Gasteiger partial charge on any atom is -0.508 e. The monoisotopic (exact) mass is 553 g/mol. The van der Waals surface area contributed by atoms with Crippen LogP contribution >= 0.6 is 0 Å². The standard InChI is InChI=1S/C27H31N5O8/c28-19(9-10-24(35)36)25(37)30-14-23(34)31-21(12-16-13-29-20-4-2-1-3-18(16)20)26(38)32-22(27(39)40)11-15-5-7-17(33)8-6-15/h1-8,13,19,21-22,29,33H,9-12,14,28H2,(H,30,37)(H,31,34)(H,32,38)(H,35,36)(H,39,40). The summed E-state index contributed by atoms with van der Waals surface area (Å²) in [7, 11) is 0. The summed E-state index contributed by atoms with van der Waals surface area (Å²) in [5, 5.41) is 36.1. The van der Waals surface area contributed by atoms with Gasteiger partial charge in [0.2, 0.25) is 17.7 Å². The molecule has 3 atom stereocenters. The normalized spacial score (nSPS) is 13.1. The molecule has 0 saturated heterocycles. The van der Waals surface area contributed by atoms with E-state index in [0.717, 1.165) is 10.9 Å². The Labute approximate surface area is 228 Å². The molecule has 40 heavy (non-hydrogen) atoms. The average Bonchev–Trinajstić information content (AvgIpc) is 3.33. The van der Waals surface area contributed by atoms with Crippen molar-refractivity contribution >= 4 is 40.6 Å². The maximum atomic E-state index is 13.3. The van der Waals surface area contributed by atoms with Gasteiger partial charge in [0.25, 0.3) is 0 Å². The second-order valence-corrected chi connectivity index (χ2v) is 9.21. The zero-order valence-corrected chi connectivity index (χ0v) is 21.4. The topological polar surface area (TPSA) is 224 Å².